The minimum atomic E-state index is 0.117. The summed E-state index contributed by atoms with van der Waals surface area (Å²) in [5.74, 6) is 0.627. The van der Waals surface area contributed by atoms with Gasteiger partial charge in [-0.2, -0.15) is 0 Å². The van der Waals surface area contributed by atoms with E-state index in [0.29, 0.717) is 5.75 Å². The van der Waals surface area contributed by atoms with Crippen molar-refractivity contribution in [1.82, 2.24) is 9.55 Å². The Hall–Kier alpha value is -1.55. The Morgan fingerprint density at radius 3 is 3.06 bits per heavy atom. The molecule has 0 aliphatic carbocycles. The van der Waals surface area contributed by atoms with Crippen LogP contribution in [0.4, 0.5) is 0 Å². The third-order valence-electron chi connectivity index (χ3n) is 2.58. The van der Waals surface area contributed by atoms with Gasteiger partial charge >= 0.3 is 0 Å². The molecule has 0 saturated heterocycles. The topological polar surface area (TPSA) is 34.9 Å². The van der Waals surface area contributed by atoms with Crippen LogP contribution in [0.1, 0.15) is 10.4 Å². The number of hydrogen-bond acceptors (Lipinski definition) is 3. The maximum atomic E-state index is 11.5. The average Bonchev–Trinajstić information content (AvgIpc) is 2.81. The molecule has 0 bridgehead atoms. The first-order chi connectivity index (χ1) is 7.74. The Kier molecular flexibility index (Phi) is 2.11. The van der Waals surface area contributed by atoms with E-state index in [1.165, 1.54) is 17.3 Å². The van der Waals surface area contributed by atoms with E-state index in [0.717, 1.165) is 16.4 Å². The van der Waals surface area contributed by atoms with Gasteiger partial charge in [-0.05, 0) is 13.0 Å². The number of rotatable bonds is 1. The van der Waals surface area contributed by atoms with Gasteiger partial charge in [0, 0.05) is 11.8 Å². The normalized spacial score (nSPS) is 14.2. The van der Waals surface area contributed by atoms with Crippen molar-refractivity contribution in [3.63, 3.8) is 0 Å². The van der Waals surface area contributed by atoms with E-state index < -0.39 is 0 Å². The second-order valence-corrected chi connectivity index (χ2v) is 4.77. The van der Waals surface area contributed by atoms with Crippen molar-refractivity contribution in [1.29, 1.82) is 0 Å². The molecule has 0 unspecified atom stereocenters. The summed E-state index contributed by atoms with van der Waals surface area (Å²) in [6.45, 7) is 2.05. The molecule has 0 N–H and O–H groups in total. The van der Waals surface area contributed by atoms with Gasteiger partial charge in [0.05, 0.1) is 11.4 Å². The zero-order chi connectivity index (χ0) is 11.1. The molecule has 1 aliphatic heterocycles. The molecule has 0 spiro atoms. The molecular formula is C12H10N2OS. The van der Waals surface area contributed by atoms with Crippen LogP contribution in [0.15, 0.2) is 35.6 Å². The molecule has 1 aliphatic rings. The largest absolute Gasteiger partial charge is 0.273 e. The third-order valence-corrected chi connectivity index (χ3v) is 3.52. The summed E-state index contributed by atoms with van der Waals surface area (Å²) in [6, 6.07) is 8.14. The van der Waals surface area contributed by atoms with Crippen molar-refractivity contribution in [2.75, 3.05) is 5.75 Å². The maximum absolute atomic E-state index is 11.5. The van der Waals surface area contributed by atoms with Crippen LogP contribution in [0.5, 0.6) is 0 Å². The van der Waals surface area contributed by atoms with Crippen molar-refractivity contribution in [3.8, 4) is 11.3 Å². The van der Waals surface area contributed by atoms with Crippen LogP contribution in [0, 0.1) is 6.92 Å². The number of nitrogens with zero attached hydrogens (tertiary/aromatic N) is 2. The van der Waals surface area contributed by atoms with Gasteiger partial charge in [-0.15, -0.1) is 0 Å². The summed E-state index contributed by atoms with van der Waals surface area (Å²) < 4.78 is 1.64. The van der Waals surface area contributed by atoms with Crippen LogP contribution in [0.2, 0.25) is 0 Å². The standard InChI is InChI=1S/C12H10N2OS/c1-8-3-2-4-9(5-8)10-6-14-11(15)7-16-12(14)13-10/h2-6H,7H2,1H3. The van der Waals surface area contributed by atoms with Gasteiger partial charge in [0.25, 0.3) is 0 Å². The first-order valence-electron chi connectivity index (χ1n) is 5.06. The molecule has 3 nitrogen and oxygen atoms in total. The first kappa shape index (κ1) is 9.66. The SMILES string of the molecule is Cc1cccc(-c2cn3c(n2)SCC3=O)c1. The lowest BCUT2D eigenvalue weighted by Gasteiger charge is -1.97. The van der Waals surface area contributed by atoms with Crippen LogP contribution < -0.4 is 0 Å². The number of carbonyl (C=O) groups is 1. The third kappa shape index (κ3) is 1.46. The summed E-state index contributed by atoms with van der Waals surface area (Å²) in [5.41, 5.74) is 3.14. The van der Waals surface area contributed by atoms with Gasteiger partial charge < -0.3 is 0 Å². The van der Waals surface area contributed by atoms with Crippen LogP contribution in [-0.4, -0.2) is 21.2 Å². The van der Waals surface area contributed by atoms with Gasteiger partial charge in [-0.3, -0.25) is 9.36 Å². The smallest absolute Gasteiger partial charge is 0.243 e. The van der Waals surface area contributed by atoms with E-state index in [1.807, 2.05) is 31.3 Å². The summed E-state index contributed by atoms with van der Waals surface area (Å²) >= 11 is 1.50. The summed E-state index contributed by atoms with van der Waals surface area (Å²) in [7, 11) is 0. The number of aryl methyl sites for hydroxylation is 1. The molecule has 3 rings (SSSR count). The molecule has 2 heterocycles. The molecule has 16 heavy (non-hydrogen) atoms. The number of hydrogen-bond donors (Lipinski definition) is 0. The Balaban J connectivity index is 2.08. The molecule has 1 aromatic heterocycles. The number of carbonyl (C=O) groups excluding carboxylic acids is 1. The predicted octanol–water partition coefficient (Wildman–Crippen LogP) is 2.60. The van der Waals surface area contributed by atoms with Crippen LogP contribution in [0.25, 0.3) is 11.3 Å². The Bertz CT molecular complexity index is 574. The Morgan fingerprint density at radius 2 is 2.31 bits per heavy atom. The highest BCUT2D eigenvalue weighted by Gasteiger charge is 2.22. The van der Waals surface area contributed by atoms with E-state index >= 15 is 0 Å². The molecule has 80 valence electrons. The van der Waals surface area contributed by atoms with Crippen molar-refractivity contribution in [2.24, 2.45) is 0 Å². The molecule has 0 saturated carbocycles. The fourth-order valence-corrected chi connectivity index (χ4v) is 2.63. The first-order valence-corrected chi connectivity index (χ1v) is 6.05. The highest BCUT2D eigenvalue weighted by Crippen LogP contribution is 2.29. The van der Waals surface area contributed by atoms with Gasteiger partial charge in [-0.1, -0.05) is 35.5 Å². The number of imidazole rings is 1. The summed E-state index contributed by atoms with van der Waals surface area (Å²) in [6.07, 6.45) is 1.83. The molecule has 0 fully saturated rings. The van der Waals surface area contributed by atoms with Gasteiger partial charge in [-0.25, -0.2) is 4.98 Å². The van der Waals surface area contributed by atoms with E-state index in [4.69, 9.17) is 0 Å². The number of thioether (sulfide) groups is 1. The van der Waals surface area contributed by atoms with E-state index in [1.54, 1.807) is 4.57 Å². The number of benzene rings is 1. The molecule has 2 aromatic rings. The zero-order valence-electron chi connectivity index (χ0n) is 8.80. The van der Waals surface area contributed by atoms with Crippen molar-refractivity contribution < 1.29 is 4.79 Å². The number of aromatic nitrogens is 2. The van der Waals surface area contributed by atoms with Crippen LogP contribution in [-0.2, 0) is 0 Å². The van der Waals surface area contributed by atoms with E-state index in [-0.39, 0.29) is 5.91 Å². The summed E-state index contributed by atoms with van der Waals surface area (Å²) in [5, 5.41) is 0.807. The zero-order valence-corrected chi connectivity index (χ0v) is 9.62. The van der Waals surface area contributed by atoms with Crippen molar-refractivity contribution in [3.05, 3.63) is 36.0 Å². The van der Waals surface area contributed by atoms with Crippen LogP contribution in [0.3, 0.4) is 0 Å². The molecule has 0 radical (unpaired) electrons. The number of fused-ring (bicyclic) bond motifs is 1. The fraction of sp³-hybridized carbons (Fsp3) is 0.167. The van der Waals surface area contributed by atoms with Crippen molar-refractivity contribution >= 4 is 17.7 Å². The molecular weight excluding hydrogens is 220 g/mol. The fourth-order valence-electron chi connectivity index (χ4n) is 1.78. The average molecular weight is 230 g/mol. The maximum Gasteiger partial charge on any atom is 0.243 e. The predicted molar refractivity (Wildman–Crippen MR) is 63.8 cm³/mol. The quantitative estimate of drug-likeness (QED) is 0.755. The molecule has 1 aromatic carbocycles. The van der Waals surface area contributed by atoms with E-state index in [2.05, 4.69) is 11.1 Å². The van der Waals surface area contributed by atoms with Gasteiger partial charge in [0.15, 0.2) is 5.16 Å². The minimum absolute atomic E-state index is 0.117. The second kappa shape index (κ2) is 3.49. The molecule has 0 amide bonds. The Labute approximate surface area is 97.5 Å². The van der Waals surface area contributed by atoms with Gasteiger partial charge in [0.2, 0.25) is 5.91 Å². The summed E-state index contributed by atoms with van der Waals surface area (Å²) in [4.78, 5) is 15.9. The minimum Gasteiger partial charge on any atom is -0.273 e. The van der Waals surface area contributed by atoms with Gasteiger partial charge in [0.1, 0.15) is 0 Å². The Morgan fingerprint density at radius 1 is 1.44 bits per heavy atom. The lowest BCUT2D eigenvalue weighted by Crippen LogP contribution is -2.04. The second-order valence-electron chi connectivity index (χ2n) is 3.83. The lowest BCUT2D eigenvalue weighted by atomic mass is 10.1. The van der Waals surface area contributed by atoms with E-state index in [9.17, 15) is 4.79 Å². The highest BCUT2D eigenvalue weighted by molar-refractivity contribution is 8.00. The van der Waals surface area contributed by atoms with Crippen molar-refractivity contribution in [2.45, 2.75) is 12.1 Å². The highest BCUT2D eigenvalue weighted by atomic mass is 32.2. The van der Waals surface area contributed by atoms with Crippen LogP contribution >= 0.6 is 11.8 Å². The molecule has 4 heteroatoms. The molecule has 0 atom stereocenters. The monoisotopic (exact) mass is 230 g/mol. The lowest BCUT2D eigenvalue weighted by molar-refractivity contribution is 0.0939.